The van der Waals surface area contributed by atoms with Crippen molar-refractivity contribution in [3.8, 4) is 0 Å². The number of aromatic amines is 1. The van der Waals surface area contributed by atoms with Gasteiger partial charge in [0.1, 0.15) is 5.69 Å². The lowest BCUT2D eigenvalue weighted by Crippen LogP contribution is -2.36. The minimum absolute atomic E-state index is 0.0320. The number of nitrogens with one attached hydrogen (secondary N) is 1. The van der Waals surface area contributed by atoms with Crippen molar-refractivity contribution in [1.29, 1.82) is 0 Å². The first-order valence-electron chi connectivity index (χ1n) is 9.20. The summed E-state index contributed by atoms with van der Waals surface area (Å²) in [5, 5.41) is 0. The molecule has 0 spiro atoms. The average molecular weight is 353 g/mol. The molecular formula is C21H27N3O2. The smallest absolute Gasteiger partial charge is 0.270 e. The van der Waals surface area contributed by atoms with Crippen LogP contribution in [0.15, 0.2) is 30.3 Å². The Morgan fingerprint density at radius 3 is 2.50 bits per heavy atom. The number of hydrogen-bond acceptors (Lipinski definition) is 3. The van der Waals surface area contributed by atoms with E-state index in [4.69, 9.17) is 0 Å². The van der Waals surface area contributed by atoms with Gasteiger partial charge in [0.25, 0.3) is 5.91 Å². The number of rotatable bonds is 6. The predicted molar refractivity (Wildman–Crippen MR) is 103 cm³/mol. The number of nitrogens with zero attached hydrogens (tertiary/aromatic N) is 2. The molecule has 0 saturated carbocycles. The minimum atomic E-state index is -0.0320. The van der Waals surface area contributed by atoms with Crippen molar-refractivity contribution in [3.63, 3.8) is 0 Å². The van der Waals surface area contributed by atoms with Crippen LogP contribution >= 0.6 is 0 Å². The number of likely N-dealkylation sites (N-methyl/N-ethyl adjacent to an activating group) is 1. The lowest BCUT2D eigenvalue weighted by Gasteiger charge is -2.24. The summed E-state index contributed by atoms with van der Waals surface area (Å²) in [5.41, 5.74) is 4.14. The summed E-state index contributed by atoms with van der Waals surface area (Å²) < 4.78 is 0. The fraction of sp³-hybridized carbons (Fsp3) is 0.429. The minimum Gasteiger partial charge on any atom is -0.354 e. The van der Waals surface area contributed by atoms with Crippen LogP contribution in [0.25, 0.3) is 0 Å². The van der Waals surface area contributed by atoms with Crippen molar-refractivity contribution in [2.24, 2.45) is 0 Å². The van der Waals surface area contributed by atoms with Crippen LogP contribution in [0.5, 0.6) is 0 Å². The molecule has 1 heterocycles. The van der Waals surface area contributed by atoms with Gasteiger partial charge in [0.15, 0.2) is 5.78 Å². The number of aryl methyl sites for hydroxylation is 1. The Bertz CT molecular complexity index is 793. The van der Waals surface area contributed by atoms with Gasteiger partial charge < -0.3 is 14.8 Å². The summed E-state index contributed by atoms with van der Waals surface area (Å²) in [7, 11) is 4.00. The first-order valence-corrected chi connectivity index (χ1v) is 9.20. The largest absolute Gasteiger partial charge is 0.354 e. The third kappa shape index (κ3) is 3.88. The molecule has 0 aliphatic heterocycles. The van der Waals surface area contributed by atoms with Crippen LogP contribution in [0.2, 0.25) is 0 Å². The number of ketones is 1. The van der Waals surface area contributed by atoms with E-state index in [2.05, 4.69) is 9.88 Å². The summed E-state index contributed by atoms with van der Waals surface area (Å²) in [5.74, 6) is 0.123. The Labute approximate surface area is 155 Å². The van der Waals surface area contributed by atoms with Gasteiger partial charge in [0, 0.05) is 37.3 Å². The lowest BCUT2D eigenvalue weighted by molar-refractivity contribution is 0.0725. The third-order valence-electron chi connectivity index (χ3n) is 4.97. The maximum Gasteiger partial charge on any atom is 0.270 e. The van der Waals surface area contributed by atoms with Crippen LogP contribution in [0, 0.1) is 6.92 Å². The van der Waals surface area contributed by atoms with Gasteiger partial charge in [0.05, 0.1) is 0 Å². The van der Waals surface area contributed by atoms with Crippen LogP contribution in [-0.4, -0.2) is 53.7 Å². The lowest BCUT2D eigenvalue weighted by atomic mass is 9.93. The highest BCUT2D eigenvalue weighted by Crippen LogP contribution is 2.27. The molecule has 0 saturated heterocycles. The van der Waals surface area contributed by atoms with E-state index >= 15 is 0 Å². The van der Waals surface area contributed by atoms with Crippen molar-refractivity contribution in [3.05, 3.63) is 58.4 Å². The van der Waals surface area contributed by atoms with Gasteiger partial charge in [-0.05, 0) is 45.0 Å². The number of fused-ring (bicyclic) bond motifs is 1. The van der Waals surface area contributed by atoms with Crippen molar-refractivity contribution in [1.82, 2.24) is 14.8 Å². The van der Waals surface area contributed by atoms with E-state index in [1.54, 1.807) is 0 Å². The Hall–Kier alpha value is -2.40. The number of carbonyl (C=O) groups is 2. The standard InChI is InChI=1S/C21H27N3O2/c1-15-19-17(10-7-11-18(19)25)22-20(15)21(26)24(13-12-23(2)3)14-16-8-5-4-6-9-16/h4-6,8-9,22H,7,10-14H2,1-3H3. The summed E-state index contributed by atoms with van der Waals surface area (Å²) in [6.07, 6.45) is 2.27. The maximum absolute atomic E-state index is 13.3. The molecule has 1 N–H and O–H groups in total. The highest BCUT2D eigenvalue weighted by atomic mass is 16.2. The molecule has 1 aliphatic carbocycles. The summed E-state index contributed by atoms with van der Waals surface area (Å²) in [6, 6.07) is 10.0. The zero-order valence-corrected chi connectivity index (χ0v) is 15.8. The molecule has 3 rings (SSSR count). The molecule has 0 fully saturated rings. The van der Waals surface area contributed by atoms with E-state index in [1.165, 1.54) is 0 Å². The monoisotopic (exact) mass is 353 g/mol. The zero-order chi connectivity index (χ0) is 18.7. The van der Waals surface area contributed by atoms with Gasteiger partial charge in [-0.15, -0.1) is 0 Å². The first kappa shape index (κ1) is 18.4. The highest BCUT2D eigenvalue weighted by Gasteiger charge is 2.28. The quantitative estimate of drug-likeness (QED) is 0.868. The van der Waals surface area contributed by atoms with Gasteiger partial charge >= 0.3 is 0 Å². The van der Waals surface area contributed by atoms with E-state index in [1.807, 2.05) is 56.3 Å². The summed E-state index contributed by atoms with van der Waals surface area (Å²) in [4.78, 5) is 32.7. The number of Topliss-reactive ketones (excluding diaryl/α,β-unsaturated/α-hetero) is 1. The Morgan fingerprint density at radius 2 is 1.85 bits per heavy atom. The Kier molecular flexibility index (Phi) is 5.57. The van der Waals surface area contributed by atoms with E-state index in [9.17, 15) is 9.59 Å². The number of amides is 1. The molecule has 0 unspecified atom stereocenters. The van der Waals surface area contributed by atoms with Gasteiger partial charge in [-0.3, -0.25) is 9.59 Å². The normalized spacial score (nSPS) is 13.8. The first-order chi connectivity index (χ1) is 12.5. The topological polar surface area (TPSA) is 56.4 Å². The molecule has 26 heavy (non-hydrogen) atoms. The molecule has 2 aromatic rings. The van der Waals surface area contributed by atoms with Gasteiger partial charge in [0.2, 0.25) is 0 Å². The van der Waals surface area contributed by atoms with Crippen LogP contribution in [-0.2, 0) is 13.0 Å². The maximum atomic E-state index is 13.3. The van der Waals surface area contributed by atoms with Crippen molar-refractivity contribution in [2.75, 3.05) is 27.2 Å². The van der Waals surface area contributed by atoms with E-state index < -0.39 is 0 Å². The second-order valence-electron chi connectivity index (χ2n) is 7.27. The molecule has 5 heteroatoms. The van der Waals surface area contributed by atoms with Crippen molar-refractivity contribution < 1.29 is 9.59 Å². The van der Waals surface area contributed by atoms with E-state index in [0.29, 0.717) is 25.2 Å². The molecule has 0 atom stereocenters. The molecule has 5 nitrogen and oxygen atoms in total. The molecule has 1 aromatic heterocycles. The second-order valence-corrected chi connectivity index (χ2v) is 7.27. The van der Waals surface area contributed by atoms with Crippen LogP contribution in [0.3, 0.4) is 0 Å². The van der Waals surface area contributed by atoms with Crippen molar-refractivity contribution >= 4 is 11.7 Å². The van der Waals surface area contributed by atoms with Crippen molar-refractivity contribution in [2.45, 2.75) is 32.7 Å². The molecule has 138 valence electrons. The van der Waals surface area contributed by atoms with Gasteiger partial charge in [-0.1, -0.05) is 30.3 Å². The van der Waals surface area contributed by atoms with Crippen LogP contribution in [0.4, 0.5) is 0 Å². The number of benzene rings is 1. The molecule has 0 bridgehead atoms. The molecule has 0 radical (unpaired) electrons. The zero-order valence-electron chi connectivity index (χ0n) is 15.8. The number of carbonyl (C=O) groups excluding carboxylic acids is 2. The second kappa shape index (κ2) is 7.87. The highest BCUT2D eigenvalue weighted by molar-refractivity contribution is 6.04. The molecule has 1 aliphatic rings. The average Bonchev–Trinajstić information content (AvgIpc) is 2.97. The number of H-pyrrole nitrogens is 1. The fourth-order valence-electron chi connectivity index (χ4n) is 3.52. The molecular weight excluding hydrogens is 326 g/mol. The SMILES string of the molecule is Cc1c(C(=O)N(CCN(C)C)Cc2ccccc2)[nH]c2c1C(=O)CCC2. The number of aromatic nitrogens is 1. The Morgan fingerprint density at radius 1 is 1.12 bits per heavy atom. The molecule has 1 amide bonds. The van der Waals surface area contributed by atoms with E-state index in [0.717, 1.165) is 41.8 Å². The summed E-state index contributed by atoms with van der Waals surface area (Å²) in [6.45, 7) is 3.87. The molecule has 1 aromatic carbocycles. The van der Waals surface area contributed by atoms with E-state index in [-0.39, 0.29) is 11.7 Å². The third-order valence-corrected chi connectivity index (χ3v) is 4.97. The van der Waals surface area contributed by atoms with Crippen LogP contribution in [0.1, 0.15) is 50.5 Å². The fourth-order valence-corrected chi connectivity index (χ4v) is 3.52. The predicted octanol–water partition coefficient (Wildman–Crippen LogP) is 3.05. The number of hydrogen-bond donors (Lipinski definition) is 1. The van der Waals surface area contributed by atoms with Gasteiger partial charge in [-0.25, -0.2) is 0 Å². The van der Waals surface area contributed by atoms with Gasteiger partial charge in [-0.2, -0.15) is 0 Å². The summed E-state index contributed by atoms with van der Waals surface area (Å²) >= 11 is 0. The Balaban J connectivity index is 1.88. The van der Waals surface area contributed by atoms with Crippen LogP contribution < -0.4 is 0 Å².